The van der Waals surface area contributed by atoms with Crippen LogP contribution in [0.3, 0.4) is 0 Å². The highest BCUT2D eigenvalue weighted by molar-refractivity contribution is 5.74. The van der Waals surface area contributed by atoms with Crippen LogP contribution in [0.1, 0.15) is 26.7 Å². The van der Waals surface area contributed by atoms with Crippen molar-refractivity contribution < 1.29 is 4.79 Å². The molecule has 0 saturated carbocycles. The molecule has 0 aliphatic carbocycles. The zero-order chi connectivity index (χ0) is 10.4. The lowest BCUT2D eigenvalue weighted by Crippen LogP contribution is -2.55. The van der Waals surface area contributed by atoms with Gasteiger partial charge in [-0.2, -0.15) is 0 Å². The summed E-state index contributed by atoms with van der Waals surface area (Å²) in [5.41, 5.74) is 0. The number of carbonyl (C=O) groups is 1. The Morgan fingerprint density at radius 3 is 3.07 bits per heavy atom. The minimum Gasteiger partial charge on any atom is -0.338 e. The minimum absolute atomic E-state index is 0.0902. The first-order valence-electron chi connectivity index (χ1n) is 5.51. The standard InChI is InChI=1S/C10H21N3O/c1-3-4-5-12-10(14)13-7-6-11-8-9(13)2/h9,11H,3-8H2,1-2H3,(H,12,14)/t9-/m0/s1. The molecule has 1 rings (SSSR count). The quantitative estimate of drug-likeness (QED) is 0.660. The van der Waals surface area contributed by atoms with Gasteiger partial charge in [0.15, 0.2) is 0 Å². The van der Waals surface area contributed by atoms with Crippen molar-refractivity contribution in [2.24, 2.45) is 0 Å². The number of nitrogens with one attached hydrogen (secondary N) is 2. The first-order valence-corrected chi connectivity index (χ1v) is 5.51. The van der Waals surface area contributed by atoms with Crippen molar-refractivity contribution in [2.45, 2.75) is 32.7 Å². The van der Waals surface area contributed by atoms with Crippen LogP contribution in [0.5, 0.6) is 0 Å². The van der Waals surface area contributed by atoms with E-state index in [0.29, 0.717) is 6.04 Å². The number of rotatable bonds is 3. The average Bonchev–Trinajstić information content (AvgIpc) is 2.18. The second-order valence-electron chi connectivity index (χ2n) is 3.83. The molecule has 2 N–H and O–H groups in total. The summed E-state index contributed by atoms with van der Waals surface area (Å²) in [4.78, 5) is 13.6. The van der Waals surface area contributed by atoms with Gasteiger partial charge in [0.25, 0.3) is 0 Å². The summed E-state index contributed by atoms with van der Waals surface area (Å²) in [7, 11) is 0. The Bertz CT molecular complexity index is 184. The van der Waals surface area contributed by atoms with E-state index in [9.17, 15) is 4.79 Å². The van der Waals surface area contributed by atoms with E-state index in [0.717, 1.165) is 39.0 Å². The first-order chi connectivity index (χ1) is 6.75. The van der Waals surface area contributed by atoms with Gasteiger partial charge in [0.2, 0.25) is 0 Å². The Morgan fingerprint density at radius 2 is 2.43 bits per heavy atom. The third-order valence-corrected chi connectivity index (χ3v) is 2.57. The maximum Gasteiger partial charge on any atom is 0.317 e. The fraction of sp³-hybridized carbons (Fsp3) is 0.900. The lowest BCUT2D eigenvalue weighted by molar-refractivity contribution is 0.164. The number of hydrogen-bond acceptors (Lipinski definition) is 2. The first kappa shape index (κ1) is 11.3. The van der Waals surface area contributed by atoms with Gasteiger partial charge in [-0.25, -0.2) is 4.79 Å². The Labute approximate surface area is 86.0 Å². The number of unbranched alkanes of at least 4 members (excludes halogenated alkanes) is 1. The molecule has 82 valence electrons. The molecule has 1 heterocycles. The van der Waals surface area contributed by atoms with E-state index >= 15 is 0 Å². The lowest BCUT2D eigenvalue weighted by Gasteiger charge is -2.33. The van der Waals surface area contributed by atoms with Crippen LogP contribution in [0.25, 0.3) is 0 Å². The molecular formula is C10H21N3O. The highest BCUT2D eigenvalue weighted by Gasteiger charge is 2.21. The van der Waals surface area contributed by atoms with Gasteiger partial charge < -0.3 is 15.5 Å². The fourth-order valence-corrected chi connectivity index (χ4v) is 1.62. The van der Waals surface area contributed by atoms with E-state index in [1.54, 1.807) is 0 Å². The van der Waals surface area contributed by atoms with Crippen molar-refractivity contribution >= 4 is 6.03 Å². The summed E-state index contributed by atoms with van der Waals surface area (Å²) in [6, 6.07) is 0.401. The number of hydrogen-bond donors (Lipinski definition) is 2. The molecule has 1 atom stereocenters. The maximum absolute atomic E-state index is 11.7. The Balaban J connectivity index is 2.27. The van der Waals surface area contributed by atoms with Crippen molar-refractivity contribution in [3.63, 3.8) is 0 Å². The van der Waals surface area contributed by atoms with Crippen molar-refractivity contribution in [2.75, 3.05) is 26.2 Å². The third-order valence-electron chi connectivity index (χ3n) is 2.57. The number of carbonyl (C=O) groups excluding carboxylic acids is 1. The fourth-order valence-electron chi connectivity index (χ4n) is 1.62. The molecule has 2 amide bonds. The molecule has 1 saturated heterocycles. The highest BCUT2D eigenvalue weighted by atomic mass is 16.2. The van der Waals surface area contributed by atoms with Gasteiger partial charge >= 0.3 is 6.03 Å². The molecule has 4 nitrogen and oxygen atoms in total. The van der Waals surface area contributed by atoms with E-state index in [-0.39, 0.29) is 6.03 Å². The molecule has 0 unspecified atom stereocenters. The molecular weight excluding hydrogens is 178 g/mol. The monoisotopic (exact) mass is 199 g/mol. The van der Waals surface area contributed by atoms with Crippen LogP contribution in [0.15, 0.2) is 0 Å². The number of amides is 2. The van der Waals surface area contributed by atoms with Gasteiger partial charge in [0.05, 0.1) is 0 Å². The van der Waals surface area contributed by atoms with Crippen molar-refractivity contribution in [3.8, 4) is 0 Å². The zero-order valence-corrected chi connectivity index (χ0v) is 9.18. The van der Waals surface area contributed by atoms with E-state index in [2.05, 4.69) is 24.5 Å². The zero-order valence-electron chi connectivity index (χ0n) is 9.18. The van der Waals surface area contributed by atoms with E-state index in [4.69, 9.17) is 0 Å². The van der Waals surface area contributed by atoms with Crippen LogP contribution in [0.2, 0.25) is 0 Å². The lowest BCUT2D eigenvalue weighted by atomic mass is 10.2. The molecule has 0 aromatic carbocycles. The largest absolute Gasteiger partial charge is 0.338 e. The van der Waals surface area contributed by atoms with Crippen LogP contribution < -0.4 is 10.6 Å². The van der Waals surface area contributed by atoms with E-state index in [1.807, 2.05) is 4.90 Å². The topological polar surface area (TPSA) is 44.4 Å². The maximum atomic E-state index is 11.7. The molecule has 1 aliphatic heterocycles. The number of piperazine rings is 1. The molecule has 0 radical (unpaired) electrons. The van der Waals surface area contributed by atoms with Crippen LogP contribution in [-0.4, -0.2) is 43.2 Å². The normalized spacial score (nSPS) is 22.1. The number of nitrogens with zero attached hydrogens (tertiary/aromatic N) is 1. The SMILES string of the molecule is CCCCNC(=O)N1CCNC[C@@H]1C. The third kappa shape index (κ3) is 3.18. The Hall–Kier alpha value is -0.770. The molecule has 0 bridgehead atoms. The minimum atomic E-state index is 0.0902. The number of urea groups is 1. The van der Waals surface area contributed by atoms with Crippen LogP contribution >= 0.6 is 0 Å². The van der Waals surface area contributed by atoms with Crippen LogP contribution in [0.4, 0.5) is 4.79 Å². The summed E-state index contributed by atoms with van der Waals surface area (Å²) in [6.45, 7) is 7.63. The predicted molar refractivity (Wildman–Crippen MR) is 57.3 cm³/mol. The summed E-state index contributed by atoms with van der Waals surface area (Å²) in [5.74, 6) is 0. The predicted octanol–water partition coefficient (Wildman–Crippen LogP) is 0.790. The van der Waals surface area contributed by atoms with Gasteiger partial charge in [-0.1, -0.05) is 13.3 Å². The molecule has 1 fully saturated rings. The van der Waals surface area contributed by atoms with E-state index in [1.165, 1.54) is 0 Å². The Morgan fingerprint density at radius 1 is 1.64 bits per heavy atom. The highest BCUT2D eigenvalue weighted by Crippen LogP contribution is 2.02. The van der Waals surface area contributed by atoms with Crippen molar-refractivity contribution in [3.05, 3.63) is 0 Å². The molecule has 0 spiro atoms. The summed E-state index contributed by atoms with van der Waals surface area (Å²) in [5, 5.41) is 6.21. The summed E-state index contributed by atoms with van der Waals surface area (Å²) >= 11 is 0. The molecule has 0 aromatic rings. The van der Waals surface area contributed by atoms with Gasteiger partial charge in [-0.15, -0.1) is 0 Å². The molecule has 4 heteroatoms. The second kappa shape index (κ2) is 5.86. The second-order valence-corrected chi connectivity index (χ2v) is 3.83. The smallest absolute Gasteiger partial charge is 0.317 e. The van der Waals surface area contributed by atoms with Crippen LogP contribution in [0, 0.1) is 0 Å². The van der Waals surface area contributed by atoms with Crippen molar-refractivity contribution in [1.29, 1.82) is 0 Å². The van der Waals surface area contributed by atoms with Crippen LogP contribution in [-0.2, 0) is 0 Å². The summed E-state index contributed by atoms with van der Waals surface area (Å²) < 4.78 is 0. The molecule has 1 aliphatic rings. The molecule has 14 heavy (non-hydrogen) atoms. The van der Waals surface area contributed by atoms with Crippen molar-refractivity contribution in [1.82, 2.24) is 15.5 Å². The van der Waals surface area contributed by atoms with Gasteiger partial charge in [0.1, 0.15) is 0 Å². The van der Waals surface area contributed by atoms with Gasteiger partial charge in [0, 0.05) is 32.2 Å². The van der Waals surface area contributed by atoms with Gasteiger partial charge in [-0.3, -0.25) is 0 Å². The summed E-state index contributed by atoms with van der Waals surface area (Å²) in [6.07, 6.45) is 2.18. The molecule has 0 aromatic heterocycles. The average molecular weight is 199 g/mol. The van der Waals surface area contributed by atoms with Gasteiger partial charge in [-0.05, 0) is 13.3 Å². The Kier molecular flexibility index (Phi) is 4.73. The van der Waals surface area contributed by atoms with E-state index < -0.39 is 0 Å².